The number of para-hydroxylation sites is 2. The molecule has 0 saturated carbocycles. The molecule has 0 spiro atoms. The van der Waals surface area contributed by atoms with Gasteiger partial charge in [-0.3, -0.25) is 0 Å². The maximum absolute atomic E-state index is 9.12. The van der Waals surface area contributed by atoms with Gasteiger partial charge in [0.25, 0.3) is 5.22 Å². The third-order valence-corrected chi connectivity index (χ3v) is 3.67. The van der Waals surface area contributed by atoms with Crippen LogP contribution in [0.15, 0.2) is 69.4 Å². The van der Waals surface area contributed by atoms with Crippen LogP contribution in [0.3, 0.4) is 0 Å². The lowest BCUT2D eigenvalue weighted by atomic mass is 10.1. The summed E-state index contributed by atoms with van der Waals surface area (Å²) in [5.41, 5.74) is 3.07. The molecule has 5 heteroatoms. The van der Waals surface area contributed by atoms with Crippen molar-refractivity contribution in [1.82, 2.24) is 4.98 Å². The van der Waals surface area contributed by atoms with E-state index in [2.05, 4.69) is 10.1 Å². The molecule has 0 aliphatic heterocycles. The Morgan fingerprint density at radius 3 is 2.60 bits per heavy atom. The van der Waals surface area contributed by atoms with Gasteiger partial charge in [0.15, 0.2) is 5.58 Å². The molecule has 4 nitrogen and oxygen atoms in total. The summed E-state index contributed by atoms with van der Waals surface area (Å²) in [4.78, 5) is 4.37. The molecule has 0 saturated heterocycles. The zero-order valence-corrected chi connectivity index (χ0v) is 11.4. The van der Waals surface area contributed by atoms with Crippen molar-refractivity contribution in [3.63, 3.8) is 0 Å². The summed E-state index contributed by atoms with van der Waals surface area (Å²) in [5.74, 6) is 0.493. The highest BCUT2D eigenvalue weighted by molar-refractivity contribution is 7.99. The molecule has 100 valence electrons. The van der Waals surface area contributed by atoms with Crippen LogP contribution in [0.5, 0.6) is 0 Å². The Morgan fingerprint density at radius 1 is 1.10 bits per heavy atom. The summed E-state index contributed by atoms with van der Waals surface area (Å²) in [5, 5.41) is 13.0. The monoisotopic (exact) mass is 284 g/mol. The van der Waals surface area contributed by atoms with Gasteiger partial charge >= 0.3 is 0 Å². The van der Waals surface area contributed by atoms with Gasteiger partial charge in [0, 0.05) is 11.3 Å². The Kier molecular flexibility index (Phi) is 3.69. The van der Waals surface area contributed by atoms with Crippen LogP contribution < -0.4 is 0 Å². The van der Waals surface area contributed by atoms with Crippen LogP contribution >= 0.6 is 11.8 Å². The van der Waals surface area contributed by atoms with Gasteiger partial charge in [-0.1, -0.05) is 59.4 Å². The molecule has 20 heavy (non-hydrogen) atoms. The highest BCUT2D eigenvalue weighted by Crippen LogP contribution is 2.23. The van der Waals surface area contributed by atoms with Gasteiger partial charge in [0.2, 0.25) is 0 Å². The van der Waals surface area contributed by atoms with Crippen molar-refractivity contribution < 1.29 is 9.62 Å². The molecule has 0 bridgehead atoms. The highest BCUT2D eigenvalue weighted by Gasteiger charge is 2.09. The van der Waals surface area contributed by atoms with Crippen LogP contribution in [0, 0.1) is 0 Å². The maximum atomic E-state index is 9.12. The first-order valence-electron chi connectivity index (χ1n) is 6.11. The maximum Gasteiger partial charge on any atom is 0.257 e. The van der Waals surface area contributed by atoms with Gasteiger partial charge in [-0.2, -0.15) is 0 Å². The molecule has 0 aliphatic carbocycles. The molecule has 3 rings (SSSR count). The second kappa shape index (κ2) is 5.79. The third kappa shape index (κ3) is 2.67. The second-order valence-electron chi connectivity index (χ2n) is 4.15. The minimum absolute atomic E-state index is 0.493. The van der Waals surface area contributed by atoms with Gasteiger partial charge < -0.3 is 9.62 Å². The first-order valence-corrected chi connectivity index (χ1v) is 7.10. The zero-order valence-electron chi connectivity index (χ0n) is 10.6. The normalized spacial score (nSPS) is 11.9. The Balaban J connectivity index is 1.75. The number of rotatable bonds is 4. The van der Waals surface area contributed by atoms with Crippen molar-refractivity contribution in [2.24, 2.45) is 5.16 Å². The second-order valence-corrected chi connectivity index (χ2v) is 5.08. The number of thioether (sulfide) groups is 1. The average molecular weight is 284 g/mol. The van der Waals surface area contributed by atoms with E-state index in [9.17, 15) is 0 Å². The van der Waals surface area contributed by atoms with Crippen molar-refractivity contribution in [2.75, 3.05) is 5.75 Å². The molecule has 3 aromatic rings. The molecular formula is C15H12N2O2S. The van der Waals surface area contributed by atoms with Gasteiger partial charge in [0.05, 0.1) is 5.71 Å². The van der Waals surface area contributed by atoms with Crippen LogP contribution in [-0.2, 0) is 0 Å². The molecule has 1 heterocycles. The van der Waals surface area contributed by atoms with Gasteiger partial charge in [-0.25, -0.2) is 4.98 Å². The standard InChI is InChI=1S/C15H12N2O2S/c18-17-13(11-6-2-1-3-7-11)10-20-15-16-12-8-4-5-9-14(12)19-15/h1-9,18H,10H2. The van der Waals surface area contributed by atoms with Gasteiger partial charge in [-0.15, -0.1) is 0 Å². The molecule has 0 unspecified atom stereocenters. The lowest BCUT2D eigenvalue weighted by molar-refractivity contribution is 0.319. The number of hydrogen-bond acceptors (Lipinski definition) is 5. The molecule has 0 amide bonds. The van der Waals surface area contributed by atoms with Crippen molar-refractivity contribution >= 4 is 28.6 Å². The van der Waals surface area contributed by atoms with E-state index in [-0.39, 0.29) is 0 Å². The predicted molar refractivity (Wildman–Crippen MR) is 79.5 cm³/mol. The van der Waals surface area contributed by atoms with E-state index in [1.165, 1.54) is 11.8 Å². The van der Waals surface area contributed by atoms with E-state index in [1.54, 1.807) is 0 Å². The van der Waals surface area contributed by atoms with Crippen molar-refractivity contribution in [3.05, 3.63) is 60.2 Å². The zero-order chi connectivity index (χ0) is 13.8. The molecule has 0 aliphatic rings. The Labute approximate surface area is 120 Å². The van der Waals surface area contributed by atoms with Crippen LogP contribution in [0.4, 0.5) is 0 Å². The smallest absolute Gasteiger partial charge is 0.257 e. The minimum Gasteiger partial charge on any atom is -0.431 e. The third-order valence-electron chi connectivity index (χ3n) is 2.83. The summed E-state index contributed by atoms with van der Waals surface area (Å²) >= 11 is 1.41. The Bertz CT molecular complexity index is 705. The van der Waals surface area contributed by atoms with E-state index in [0.717, 1.165) is 16.7 Å². The predicted octanol–water partition coefficient (Wildman–Crippen LogP) is 3.80. The number of fused-ring (bicyclic) bond motifs is 1. The molecule has 1 N–H and O–H groups in total. The van der Waals surface area contributed by atoms with E-state index in [4.69, 9.17) is 9.62 Å². The first-order chi connectivity index (χ1) is 9.86. The van der Waals surface area contributed by atoms with Crippen LogP contribution in [-0.4, -0.2) is 21.7 Å². The summed E-state index contributed by atoms with van der Waals surface area (Å²) in [6, 6.07) is 17.2. The number of aromatic nitrogens is 1. The summed E-state index contributed by atoms with van der Waals surface area (Å²) in [7, 11) is 0. The Morgan fingerprint density at radius 2 is 1.85 bits per heavy atom. The summed E-state index contributed by atoms with van der Waals surface area (Å²) < 4.78 is 5.61. The fourth-order valence-corrected chi connectivity index (χ4v) is 2.64. The number of oxime groups is 1. The van der Waals surface area contributed by atoms with Gasteiger partial charge in [-0.05, 0) is 12.1 Å². The first kappa shape index (κ1) is 12.7. The van der Waals surface area contributed by atoms with Crippen LogP contribution in [0.25, 0.3) is 11.1 Å². The van der Waals surface area contributed by atoms with Crippen LogP contribution in [0.1, 0.15) is 5.56 Å². The average Bonchev–Trinajstić information content (AvgIpc) is 2.92. The summed E-state index contributed by atoms with van der Waals surface area (Å²) in [6.07, 6.45) is 0. The van der Waals surface area contributed by atoms with Crippen molar-refractivity contribution in [2.45, 2.75) is 5.22 Å². The van der Waals surface area contributed by atoms with Crippen LogP contribution in [0.2, 0.25) is 0 Å². The fourth-order valence-electron chi connectivity index (χ4n) is 1.84. The number of oxazole rings is 1. The van der Waals surface area contributed by atoms with Crippen molar-refractivity contribution in [3.8, 4) is 0 Å². The lowest BCUT2D eigenvalue weighted by Gasteiger charge is -2.01. The lowest BCUT2D eigenvalue weighted by Crippen LogP contribution is -2.04. The molecule has 0 atom stereocenters. The quantitative estimate of drug-likeness (QED) is 0.342. The molecule has 2 aromatic carbocycles. The van der Waals surface area contributed by atoms with E-state index < -0.39 is 0 Å². The number of hydrogen-bond donors (Lipinski definition) is 1. The minimum atomic E-state index is 0.493. The molecule has 1 aromatic heterocycles. The largest absolute Gasteiger partial charge is 0.431 e. The molecule has 0 radical (unpaired) electrons. The Hall–Kier alpha value is -2.27. The molecule has 0 fully saturated rings. The van der Waals surface area contributed by atoms with E-state index >= 15 is 0 Å². The summed E-state index contributed by atoms with van der Waals surface area (Å²) in [6.45, 7) is 0. The van der Waals surface area contributed by atoms with E-state index in [0.29, 0.717) is 16.7 Å². The number of nitrogens with zero attached hydrogens (tertiary/aromatic N) is 2. The SMILES string of the molecule is ON=C(CSc1nc2ccccc2o1)c1ccccc1. The molecular weight excluding hydrogens is 272 g/mol. The number of benzene rings is 2. The van der Waals surface area contributed by atoms with Gasteiger partial charge in [0.1, 0.15) is 5.52 Å². The highest BCUT2D eigenvalue weighted by atomic mass is 32.2. The van der Waals surface area contributed by atoms with E-state index in [1.807, 2.05) is 54.6 Å². The fraction of sp³-hybridized carbons (Fsp3) is 0.0667. The topological polar surface area (TPSA) is 58.6 Å². The van der Waals surface area contributed by atoms with Crippen molar-refractivity contribution in [1.29, 1.82) is 0 Å².